The zero-order valence-corrected chi connectivity index (χ0v) is 19.4. The highest BCUT2D eigenvalue weighted by molar-refractivity contribution is 6.05. The molecule has 0 saturated carbocycles. The molecule has 0 aliphatic carbocycles. The van der Waals surface area contributed by atoms with Gasteiger partial charge in [-0.3, -0.25) is 14.2 Å². The van der Waals surface area contributed by atoms with Crippen molar-refractivity contribution in [1.29, 1.82) is 0 Å². The number of fused-ring (bicyclic) bond motifs is 1. The number of hydrogen-bond donors (Lipinski definition) is 0. The molecule has 2 heterocycles. The van der Waals surface area contributed by atoms with Gasteiger partial charge in [0, 0.05) is 12.0 Å². The Morgan fingerprint density at radius 3 is 2.08 bits per heavy atom. The van der Waals surface area contributed by atoms with Crippen LogP contribution < -0.4 is 5.56 Å². The van der Waals surface area contributed by atoms with Crippen LogP contribution in [0.2, 0.25) is 0 Å². The third kappa shape index (κ3) is 3.79. The van der Waals surface area contributed by atoms with Crippen molar-refractivity contribution in [2.24, 2.45) is 5.10 Å². The first-order valence-electron chi connectivity index (χ1n) is 11.8. The van der Waals surface area contributed by atoms with Gasteiger partial charge in [0.05, 0.1) is 22.3 Å². The topological polar surface area (TPSA) is 67.6 Å². The summed E-state index contributed by atoms with van der Waals surface area (Å²) in [5.41, 5.74) is 3.32. The first kappa shape index (κ1) is 21.7. The van der Waals surface area contributed by atoms with Crippen LogP contribution in [-0.2, 0) is 0 Å². The first-order chi connectivity index (χ1) is 17.7. The average Bonchev–Trinajstić information content (AvgIpc) is 3.39. The van der Waals surface area contributed by atoms with E-state index >= 15 is 0 Å². The van der Waals surface area contributed by atoms with E-state index in [0.717, 1.165) is 11.3 Å². The van der Waals surface area contributed by atoms with Crippen LogP contribution in [0.15, 0.2) is 125 Å². The molecule has 6 nitrogen and oxygen atoms in total. The van der Waals surface area contributed by atoms with Crippen LogP contribution in [0.4, 0.5) is 0 Å². The standard InChI is InChI=1S/C30H22N4O2/c35-29(22-14-6-2-7-15-22)34-27(20-26(32-34)21-12-4-1-5-13-21)28-31-25-19-11-10-18-24(25)30(36)33(28)23-16-8-3-9-17-23/h1-19,27H,20H2. The highest BCUT2D eigenvalue weighted by atomic mass is 16.2. The zero-order valence-electron chi connectivity index (χ0n) is 19.4. The number of hydrogen-bond acceptors (Lipinski definition) is 4. The highest BCUT2D eigenvalue weighted by Crippen LogP contribution is 2.34. The predicted molar refractivity (Wildman–Crippen MR) is 140 cm³/mol. The lowest BCUT2D eigenvalue weighted by atomic mass is 10.0. The van der Waals surface area contributed by atoms with E-state index in [0.29, 0.717) is 34.4 Å². The lowest BCUT2D eigenvalue weighted by Gasteiger charge is -2.24. The summed E-state index contributed by atoms with van der Waals surface area (Å²) in [5, 5.41) is 6.78. The fourth-order valence-electron chi connectivity index (χ4n) is 4.62. The molecule has 6 rings (SSSR count). The van der Waals surface area contributed by atoms with E-state index in [2.05, 4.69) is 0 Å². The number of carbonyl (C=O) groups is 1. The van der Waals surface area contributed by atoms with Crippen molar-refractivity contribution < 1.29 is 4.79 Å². The molecule has 1 aliphatic rings. The second-order valence-corrected chi connectivity index (χ2v) is 8.61. The number of carbonyl (C=O) groups excluding carboxylic acids is 1. The monoisotopic (exact) mass is 470 g/mol. The van der Waals surface area contributed by atoms with Gasteiger partial charge in [0.15, 0.2) is 0 Å². The van der Waals surface area contributed by atoms with Crippen molar-refractivity contribution in [3.63, 3.8) is 0 Å². The maximum atomic E-state index is 13.8. The molecule has 0 spiro atoms. The minimum Gasteiger partial charge on any atom is -0.268 e. The van der Waals surface area contributed by atoms with Gasteiger partial charge in [-0.1, -0.05) is 78.9 Å². The Bertz CT molecular complexity index is 1650. The number of aromatic nitrogens is 2. The van der Waals surface area contributed by atoms with Crippen molar-refractivity contribution in [2.75, 3.05) is 0 Å². The van der Waals surface area contributed by atoms with Gasteiger partial charge in [0.25, 0.3) is 11.5 Å². The second-order valence-electron chi connectivity index (χ2n) is 8.61. The van der Waals surface area contributed by atoms with Gasteiger partial charge in [-0.25, -0.2) is 9.99 Å². The minimum atomic E-state index is -0.564. The number of benzene rings is 4. The summed E-state index contributed by atoms with van der Waals surface area (Å²) in [7, 11) is 0. The molecule has 0 bridgehead atoms. The largest absolute Gasteiger partial charge is 0.274 e. The fourth-order valence-corrected chi connectivity index (χ4v) is 4.62. The molecular weight excluding hydrogens is 448 g/mol. The van der Waals surface area contributed by atoms with Crippen molar-refractivity contribution in [3.8, 4) is 5.69 Å². The summed E-state index contributed by atoms with van der Waals surface area (Å²) < 4.78 is 1.61. The van der Waals surface area contributed by atoms with Crippen molar-refractivity contribution in [2.45, 2.75) is 12.5 Å². The molecule has 6 heteroatoms. The van der Waals surface area contributed by atoms with Crippen LogP contribution >= 0.6 is 0 Å². The van der Waals surface area contributed by atoms with E-state index in [4.69, 9.17) is 10.1 Å². The first-order valence-corrected chi connectivity index (χ1v) is 11.8. The molecule has 4 aromatic carbocycles. The molecule has 1 unspecified atom stereocenters. The Morgan fingerprint density at radius 1 is 0.750 bits per heavy atom. The summed E-state index contributed by atoms with van der Waals surface area (Å²) in [6.07, 6.45) is 0.431. The second kappa shape index (κ2) is 9.07. The third-order valence-corrected chi connectivity index (χ3v) is 6.36. The molecule has 5 aromatic rings. The van der Waals surface area contributed by atoms with Gasteiger partial charge in [-0.2, -0.15) is 5.10 Å². The Hall–Kier alpha value is -4.84. The molecule has 36 heavy (non-hydrogen) atoms. The van der Waals surface area contributed by atoms with E-state index in [1.165, 1.54) is 5.01 Å². The number of nitrogens with zero attached hydrogens (tertiary/aromatic N) is 4. The van der Waals surface area contributed by atoms with Gasteiger partial charge in [0.1, 0.15) is 11.9 Å². The van der Waals surface area contributed by atoms with Gasteiger partial charge in [0.2, 0.25) is 0 Å². The lowest BCUT2D eigenvalue weighted by Crippen LogP contribution is -2.33. The maximum Gasteiger partial charge on any atom is 0.274 e. The molecule has 174 valence electrons. The van der Waals surface area contributed by atoms with Crippen LogP contribution in [0.1, 0.15) is 34.2 Å². The summed E-state index contributed by atoms with van der Waals surface area (Å²) >= 11 is 0. The van der Waals surface area contributed by atoms with Gasteiger partial charge in [-0.15, -0.1) is 0 Å². The third-order valence-electron chi connectivity index (χ3n) is 6.36. The average molecular weight is 471 g/mol. The van der Waals surface area contributed by atoms with Crippen LogP contribution in [0.3, 0.4) is 0 Å². The molecule has 0 N–H and O–H groups in total. The molecular formula is C30H22N4O2. The van der Waals surface area contributed by atoms with E-state index in [1.54, 1.807) is 22.8 Å². The summed E-state index contributed by atoms with van der Waals surface area (Å²) in [5.74, 6) is 0.234. The van der Waals surface area contributed by atoms with Gasteiger partial charge in [-0.05, 0) is 42.0 Å². The maximum absolute atomic E-state index is 13.8. The summed E-state index contributed by atoms with van der Waals surface area (Å²) in [6.45, 7) is 0. The molecule has 1 atom stereocenters. The van der Waals surface area contributed by atoms with Crippen molar-refractivity contribution >= 4 is 22.5 Å². The molecule has 0 fully saturated rings. The normalized spacial score (nSPS) is 15.2. The number of rotatable bonds is 4. The minimum absolute atomic E-state index is 0.179. The smallest absolute Gasteiger partial charge is 0.268 e. The zero-order chi connectivity index (χ0) is 24.5. The molecule has 1 aromatic heterocycles. The van der Waals surface area contributed by atoms with Gasteiger partial charge >= 0.3 is 0 Å². The van der Waals surface area contributed by atoms with E-state index in [9.17, 15) is 9.59 Å². The number of para-hydroxylation sites is 2. The SMILES string of the molecule is O=C(c1ccccc1)N1N=C(c2ccccc2)CC1c1nc2ccccc2c(=O)n1-c1ccccc1. The Morgan fingerprint density at radius 2 is 1.36 bits per heavy atom. The predicted octanol–water partition coefficient (Wildman–Crippen LogP) is 5.38. The van der Waals surface area contributed by atoms with E-state index < -0.39 is 6.04 Å². The summed E-state index contributed by atoms with van der Waals surface area (Å²) in [6, 6.07) is 35.0. The Balaban J connectivity index is 1.57. The number of hydrazone groups is 1. The Kier molecular flexibility index (Phi) is 5.46. The molecule has 0 radical (unpaired) electrons. The van der Waals surface area contributed by atoms with Crippen molar-refractivity contribution in [1.82, 2.24) is 14.6 Å². The van der Waals surface area contributed by atoms with E-state index in [-0.39, 0.29) is 11.5 Å². The highest BCUT2D eigenvalue weighted by Gasteiger charge is 2.37. The summed E-state index contributed by atoms with van der Waals surface area (Å²) in [4.78, 5) is 32.4. The molecule has 1 amide bonds. The van der Waals surface area contributed by atoms with Crippen molar-refractivity contribution in [3.05, 3.63) is 143 Å². The molecule has 0 saturated heterocycles. The van der Waals surface area contributed by atoms with Crippen LogP contribution in [0.5, 0.6) is 0 Å². The quantitative estimate of drug-likeness (QED) is 0.354. The Labute approximate surface area is 207 Å². The van der Waals surface area contributed by atoms with E-state index in [1.807, 2.05) is 97.1 Å². The fraction of sp³-hybridized carbons (Fsp3) is 0.0667. The van der Waals surface area contributed by atoms with Crippen LogP contribution in [-0.4, -0.2) is 26.2 Å². The van der Waals surface area contributed by atoms with Gasteiger partial charge < -0.3 is 0 Å². The number of amides is 1. The van der Waals surface area contributed by atoms with Crippen LogP contribution in [0, 0.1) is 0 Å². The van der Waals surface area contributed by atoms with Crippen LogP contribution in [0.25, 0.3) is 16.6 Å². The molecule has 1 aliphatic heterocycles. The lowest BCUT2D eigenvalue weighted by molar-refractivity contribution is 0.0702.